The van der Waals surface area contributed by atoms with Crippen LogP contribution in [0.25, 0.3) is 0 Å². The van der Waals surface area contributed by atoms with E-state index in [1.54, 1.807) is 6.92 Å². The van der Waals surface area contributed by atoms with E-state index in [-0.39, 0.29) is 5.82 Å². The van der Waals surface area contributed by atoms with Crippen molar-refractivity contribution < 1.29 is 20.1 Å². The van der Waals surface area contributed by atoms with E-state index in [2.05, 4.69) is 4.98 Å². The number of ether oxygens (including phenoxy) is 1. The molecule has 0 saturated carbocycles. The number of aromatic nitrogens is 2. The van der Waals surface area contributed by atoms with Gasteiger partial charge in [-0.3, -0.25) is 4.57 Å². The van der Waals surface area contributed by atoms with Crippen molar-refractivity contribution in [2.24, 2.45) is 5.92 Å². The average molecular weight is 327 g/mol. The Hall–Kier alpha value is -1.48. The Morgan fingerprint density at radius 2 is 2.00 bits per heavy atom. The van der Waals surface area contributed by atoms with Gasteiger partial charge in [0, 0.05) is 11.8 Å². The first-order valence-corrected chi connectivity index (χ1v) is 7.77. The van der Waals surface area contributed by atoms with Gasteiger partial charge in [0.1, 0.15) is 24.1 Å². The molecule has 1 aromatic heterocycles. The lowest BCUT2D eigenvalue weighted by atomic mass is 9.98. The van der Waals surface area contributed by atoms with E-state index in [0.717, 1.165) is 11.0 Å². The monoisotopic (exact) mass is 327 g/mol. The number of anilines is 1. The molecule has 130 valence electrons. The lowest BCUT2D eigenvalue weighted by molar-refractivity contribution is -0.0887. The van der Waals surface area contributed by atoms with Crippen molar-refractivity contribution in [3.05, 3.63) is 22.2 Å². The fourth-order valence-electron chi connectivity index (χ4n) is 2.66. The molecule has 0 aromatic carbocycles. The van der Waals surface area contributed by atoms with Gasteiger partial charge in [-0.05, 0) is 25.7 Å². The third-order valence-corrected chi connectivity index (χ3v) is 4.14. The van der Waals surface area contributed by atoms with Crippen LogP contribution < -0.4 is 11.4 Å². The molecule has 0 spiro atoms. The van der Waals surface area contributed by atoms with Gasteiger partial charge in [-0.2, -0.15) is 4.98 Å². The minimum atomic E-state index is -1.34. The number of nitrogen functional groups attached to an aromatic ring is 1. The van der Waals surface area contributed by atoms with Crippen molar-refractivity contribution >= 4 is 5.82 Å². The second-order valence-corrected chi connectivity index (χ2v) is 6.51. The third kappa shape index (κ3) is 3.72. The minimum Gasteiger partial charge on any atom is -0.390 e. The Kier molecular flexibility index (Phi) is 5.41. The standard InChI is InChI=1S/C15H25N3O5/c1-7(2)4-5-9(19)12-10(20)11(21)14(23-12)18-6-8(3)13(16)17-15(18)22/h6-7,9-12,14,19-21H,4-5H2,1-3H3,(H2,16,17,22)/t9-,10-,11+,12+,14+/m0/s1. The van der Waals surface area contributed by atoms with Crippen LogP contribution in [-0.4, -0.2) is 49.3 Å². The zero-order valence-electron chi connectivity index (χ0n) is 13.6. The van der Waals surface area contributed by atoms with Crippen LogP contribution >= 0.6 is 0 Å². The normalized spacial score (nSPS) is 29.2. The zero-order valence-corrected chi connectivity index (χ0v) is 13.6. The van der Waals surface area contributed by atoms with Crippen LogP contribution in [0.5, 0.6) is 0 Å². The van der Waals surface area contributed by atoms with Crippen LogP contribution in [0.2, 0.25) is 0 Å². The van der Waals surface area contributed by atoms with Crippen molar-refractivity contribution in [3.8, 4) is 0 Å². The number of hydrogen-bond acceptors (Lipinski definition) is 7. The van der Waals surface area contributed by atoms with Crippen LogP contribution in [0.3, 0.4) is 0 Å². The lowest BCUT2D eigenvalue weighted by Crippen LogP contribution is -2.39. The Balaban J connectivity index is 2.20. The van der Waals surface area contributed by atoms with E-state index >= 15 is 0 Å². The highest BCUT2D eigenvalue weighted by atomic mass is 16.6. The molecule has 0 aliphatic carbocycles. The van der Waals surface area contributed by atoms with E-state index in [1.165, 1.54) is 6.20 Å². The minimum absolute atomic E-state index is 0.104. The molecular weight excluding hydrogens is 302 g/mol. The van der Waals surface area contributed by atoms with Gasteiger partial charge in [0.25, 0.3) is 0 Å². The largest absolute Gasteiger partial charge is 0.390 e. The molecular formula is C15H25N3O5. The molecule has 0 amide bonds. The summed E-state index contributed by atoms with van der Waals surface area (Å²) < 4.78 is 6.67. The van der Waals surface area contributed by atoms with Crippen LogP contribution in [0, 0.1) is 12.8 Å². The number of aliphatic hydroxyl groups excluding tert-OH is 3. The first-order valence-electron chi connectivity index (χ1n) is 7.77. The second kappa shape index (κ2) is 6.96. The fraction of sp³-hybridized carbons (Fsp3) is 0.733. The summed E-state index contributed by atoms with van der Waals surface area (Å²) in [4.78, 5) is 15.6. The van der Waals surface area contributed by atoms with Crippen molar-refractivity contribution in [2.75, 3.05) is 5.73 Å². The molecule has 2 rings (SSSR count). The van der Waals surface area contributed by atoms with E-state index in [4.69, 9.17) is 10.5 Å². The molecule has 1 fully saturated rings. The number of nitrogens with two attached hydrogens (primary N) is 1. The molecule has 2 heterocycles. The predicted molar refractivity (Wildman–Crippen MR) is 83.6 cm³/mol. The van der Waals surface area contributed by atoms with E-state index < -0.39 is 36.3 Å². The van der Waals surface area contributed by atoms with Gasteiger partial charge in [-0.25, -0.2) is 4.79 Å². The SMILES string of the molecule is Cc1cn([C@@H]2O[C@H]([C@@H](O)CCC(C)C)[C@@H](O)[C@H]2O)c(=O)nc1N. The Morgan fingerprint density at radius 3 is 2.61 bits per heavy atom. The molecule has 5 atom stereocenters. The summed E-state index contributed by atoms with van der Waals surface area (Å²) in [6, 6.07) is 0. The predicted octanol–water partition coefficient (Wildman–Crippen LogP) is -0.450. The number of aryl methyl sites for hydroxylation is 1. The average Bonchev–Trinajstić information content (AvgIpc) is 2.77. The van der Waals surface area contributed by atoms with Gasteiger partial charge in [0.15, 0.2) is 6.23 Å². The van der Waals surface area contributed by atoms with Gasteiger partial charge in [0.05, 0.1) is 6.10 Å². The Labute approximate surface area is 134 Å². The first-order chi connectivity index (χ1) is 10.7. The molecule has 1 aliphatic rings. The Morgan fingerprint density at radius 1 is 1.35 bits per heavy atom. The summed E-state index contributed by atoms with van der Waals surface area (Å²) in [5, 5.41) is 30.5. The molecule has 23 heavy (non-hydrogen) atoms. The highest BCUT2D eigenvalue weighted by Crippen LogP contribution is 2.31. The molecule has 1 aromatic rings. The van der Waals surface area contributed by atoms with Crippen molar-refractivity contribution in [1.29, 1.82) is 0 Å². The second-order valence-electron chi connectivity index (χ2n) is 6.51. The van der Waals surface area contributed by atoms with E-state index in [0.29, 0.717) is 17.9 Å². The highest BCUT2D eigenvalue weighted by Gasteiger charge is 2.47. The molecule has 5 N–H and O–H groups in total. The van der Waals surface area contributed by atoms with Gasteiger partial charge in [-0.1, -0.05) is 13.8 Å². The highest BCUT2D eigenvalue weighted by molar-refractivity contribution is 5.35. The van der Waals surface area contributed by atoms with Crippen molar-refractivity contribution in [2.45, 2.75) is 64.3 Å². The Bertz CT molecular complexity index is 603. The van der Waals surface area contributed by atoms with E-state index in [9.17, 15) is 20.1 Å². The summed E-state index contributed by atoms with van der Waals surface area (Å²) in [6.07, 6.45) is -2.99. The molecule has 1 aliphatic heterocycles. The molecule has 0 bridgehead atoms. The van der Waals surface area contributed by atoms with Crippen LogP contribution in [0.1, 0.15) is 38.5 Å². The maximum absolute atomic E-state index is 12.0. The van der Waals surface area contributed by atoms with Crippen LogP contribution in [-0.2, 0) is 4.74 Å². The summed E-state index contributed by atoms with van der Waals surface area (Å²) >= 11 is 0. The maximum atomic E-state index is 12.0. The van der Waals surface area contributed by atoms with Gasteiger partial charge >= 0.3 is 5.69 Å². The number of nitrogens with zero attached hydrogens (tertiary/aromatic N) is 2. The van der Waals surface area contributed by atoms with Gasteiger partial charge in [0.2, 0.25) is 0 Å². The number of aliphatic hydroxyl groups is 3. The molecule has 1 saturated heterocycles. The number of hydrogen-bond donors (Lipinski definition) is 4. The molecule has 8 heteroatoms. The quantitative estimate of drug-likeness (QED) is 0.576. The van der Waals surface area contributed by atoms with Crippen LogP contribution in [0.15, 0.2) is 11.0 Å². The lowest BCUT2D eigenvalue weighted by Gasteiger charge is -2.21. The van der Waals surface area contributed by atoms with Crippen molar-refractivity contribution in [3.63, 3.8) is 0 Å². The van der Waals surface area contributed by atoms with Crippen molar-refractivity contribution in [1.82, 2.24) is 9.55 Å². The molecule has 0 unspecified atom stereocenters. The molecule has 8 nitrogen and oxygen atoms in total. The van der Waals surface area contributed by atoms with E-state index in [1.807, 2.05) is 13.8 Å². The van der Waals surface area contributed by atoms with Gasteiger partial charge < -0.3 is 25.8 Å². The summed E-state index contributed by atoms with van der Waals surface area (Å²) in [5.41, 5.74) is 5.45. The number of rotatable bonds is 5. The molecule has 0 radical (unpaired) electrons. The fourth-order valence-corrected chi connectivity index (χ4v) is 2.66. The zero-order chi connectivity index (χ0) is 17.3. The van der Waals surface area contributed by atoms with Gasteiger partial charge in [-0.15, -0.1) is 0 Å². The topological polar surface area (TPSA) is 131 Å². The third-order valence-electron chi connectivity index (χ3n) is 4.14. The summed E-state index contributed by atoms with van der Waals surface area (Å²) in [5.74, 6) is 0.503. The summed E-state index contributed by atoms with van der Waals surface area (Å²) in [7, 11) is 0. The maximum Gasteiger partial charge on any atom is 0.351 e. The summed E-state index contributed by atoms with van der Waals surface area (Å²) in [6.45, 7) is 5.72. The smallest absolute Gasteiger partial charge is 0.351 e. The first kappa shape index (κ1) is 17.9. The van der Waals surface area contributed by atoms with Crippen LogP contribution in [0.4, 0.5) is 5.82 Å².